The number of benzene rings is 1. The summed E-state index contributed by atoms with van der Waals surface area (Å²) in [5.74, 6) is 0.905. The highest BCUT2D eigenvalue weighted by Crippen LogP contribution is 2.20. The van der Waals surface area contributed by atoms with Crippen LogP contribution in [0, 0.1) is 0 Å². The Hall–Kier alpha value is -1.30. The predicted octanol–water partition coefficient (Wildman–Crippen LogP) is 1.56. The third-order valence-electron chi connectivity index (χ3n) is 4.64. The quantitative estimate of drug-likeness (QED) is 0.855. The number of carbonyl (C=O) groups excluding carboxylic acids is 1. The summed E-state index contributed by atoms with van der Waals surface area (Å²) in [5, 5.41) is 6.64. The van der Waals surface area contributed by atoms with E-state index in [0.717, 1.165) is 30.8 Å². The second kappa shape index (κ2) is 8.52. The summed E-state index contributed by atoms with van der Waals surface area (Å²) in [7, 11) is 1.65. The van der Waals surface area contributed by atoms with Gasteiger partial charge in [0.15, 0.2) is 0 Å². The van der Waals surface area contributed by atoms with Crippen molar-refractivity contribution in [3.8, 4) is 5.75 Å². The van der Waals surface area contributed by atoms with E-state index in [1.807, 2.05) is 24.3 Å². The van der Waals surface area contributed by atoms with Gasteiger partial charge in [-0.3, -0.25) is 9.69 Å². The number of hydrogen-bond acceptors (Lipinski definition) is 4. The van der Waals surface area contributed by atoms with E-state index in [-0.39, 0.29) is 18.3 Å². The average Bonchev–Trinajstić information content (AvgIpc) is 2.88. The summed E-state index contributed by atoms with van der Waals surface area (Å²) in [6, 6.07) is 9.01. The number of amides is 1. The van der Waals surface area contributed by atoms with E-state index >= 15 is 0 Å². The van der Waals surface area contributed by atoms with Crippen molar-refractivity contribution in [1.82, 2.24) is 15.5 Å². The Morgan fingerprint density at radius 1 is 1.30 bits per heavy atom. The largest absolute Gasteiger partial charge is 0.496 e. The van der Waals surface area contributed by atoms with Crippen molar-refractivity contribution in [1.29, 1.82) is 0 Å². The number of nitrogens with one attached hydrogen (secondary N) is 2. The molecule has 0 aliphatic carbocycles. The monoisotopic (exact) mass is 339 g/mol. The van der Waals surface area contributed by atoms with Crippen LogP contribution >= 0.6 is 12.4 Å². The molecule has 0 saturated carbocycles. The summed E-state index contributed by atoms with van der Waals surface area (Å²) in [4.78, 5) is 14.5. The van der Waals surface area contributed by atoms with Gasteiger partial charge < -0.3 is 15.4 Å². The normalized spacial score (nSPS) is 23.7. The first kappa shape index (κ1) is 18.0. The predicted molar refractivity (Wildman–Crippen MR) is 93.1 cm³/mol. The molecule has 2 aliphatic rings. The first-order valence-corrected chi connectivity index (χ1v) is 8.11. The lowest BCUT2D eigenvalue weighted by Crippen LogP contribution is -2.41. The first-order chi connectivity index (χ1) is 10.7. The van der Waals surface area contributed by atoms with Crippen LogP contribution in [0.2, 0.25) is 0 Å². The molecule has 2 heterocycles. The Morgan fingerprint density at radius 2 is 2.09 bits per heavy atom. The minimum absolute atomic E-state index is 0. The number of rotatable bonds is 5. The summed E-state index contributed by atoms with van der Waals surface area (Å²) in [6.45, 7) is 3.00. The maximum atomic E-state index is 12.2. The highest BCUT2D eigenvalue weighted by molar-refractivity contribution is 5.85. The molecule has 2 bridgehead atoms. The molecule has 2 unspecified atom stereocenters. The van der Waals surface area contributed by atoms with Crippen molar-refractivity contribution >= 4 is 18.3 Å². The fraction of sp³-hybridized carbons (Fsp3) is 0.588. The van der Waals surface area contributed by atoms with Crippen molar-refractivity contribution in [2.45, 2.75) is 37.9 Å². The maximum absolute atomic E-state index is 12.2. The van der Waals surface area contributed by atoms with Gasteiger partial charge in [0.05, 0.1) is 13.7 Å². The molecule has 5 nitrogen and oxygen atoms in total. The third-order valence-corrected chi connectivity index (χ3v) is 4.64. The van der Waals surface area contributed by atoms with Crippen LogP contribution in [-0.4, -0.2) is 49.6 Å². The summed E-state index contributed by atoms with van der Waals surface area (Å²) in [5.41, 5.74) is 1.01. The number of nitrogens with zero attached hydrogens (tertiary/aromatic N) is 1. The lowest BCUT2D eigenvalue weighted by molar-refractivity contribution is -0.122. The van der Waals surface area contributed by atoms with Crippen LogP contribution in [0.1, 0.15) is 24.8 Å². The molecule has 2 N–H and O–H groups in total. The molecule has 2 aliphatic heterocycles. The van der Waals surface area contributed by atoms with Gasteiger partial charge in [-0.25, -0.2) is 0 Å². The van der Waals surface area contributed by atoms with Crippen LogP contribution in [0.15, 0.2) is 24.3 Å². The number of halogens is 1. The number of methoxy groups -OCH3 is 1. The first-order valence-electron chi connectivity index (χ1n) is 8.11. The van der Waals surface area contributed by atoms with Gasteiger partial charge in [-0.2, -0.15) is 0 Å². The number of carbonyl (C=O) groups is 1. The Labute approximate surface area is 144 Å². The highest BCUT2D eigenvalue weighted by Gasteiger charge is 2.29. The van der Waals surface area contributed by atoms with E-state index < -0.39 is 0 Å². The zero-order valence-corrected chi connectivity index (χ0v) is 14.4. The van der Waals surface area contributed by atoms with Crippen LogP contribution in [-0.2, 0) is 11.3 Å². The number of likely N-dealkylation sites (tertiary alicyclic amines) is 1. The minimum Gasteiger partial charge on any atom is -0.496 e. The van der Waals surface area contributed by atoms with Gasteiger partial charge in [-0.1, -0.05) is 18.2 Å². The molecule has 2 saturated heterocycles. The van der Waals surface area contributed by atoms with Gasteiger partial charge in [-0.15, -0.1) is 12.4 Å². The number of para-hydroxylation sites is 1. The smallest absolute Gasteiger partial charge is 0.234 e. The van der Waals surface area contributed by atoms with Crippen LogP contribution in [0.25, 0.3) is 0 Å². The van der Waals surface area contributed by atoms with E-state index in [9.17, 15) is 4.79 Å². The van der Waals surface area contributed by atoms with Crippen LogP contribution in [0.5, 0.6) is 5.75 Å². The standard InChI is InChI=1S/C17H25N3O2.ClH/c1-22-16-5-3-2-4-13(16)10-18-17(21)12-20-9-8-14-6-7-15(11-20)19-14;/h2-5,14-15,19H,6-12H2,1H3,(H,18,21);1H. The molecule has 1 aromatic carbocycles. The van der Waals surface area contributed by atoms with Crippen molar-refractivity contribution in [3.63, 3.8) is 0 Å². The SMILES string of the molecule is COc1ccccc1CNC(=O)CN1CCC2CCC(C1)N2.Cl. The van der Waals surface area contributed by atoms with E-state index in [1.54, 1.807) is 7.11 Å². The van der Waals surface area contributed by atoms with Crippen LogP contribution in [0.3, 0.4) is 0 Å². The zero-order valence-electron chi connectivity index (χ0n) is 13.6. The highest BCUT2D eigenvalue weighted by atomic mass is 35.5. The second-order valence-electron chi connectivity index (χ2n) is 6.25. The lowest BCUT2D eigenvalue weighted by atomic mass is 10.1. The van der Waals surface area contributed by atoms with Crippen molar-refractivity contribution < 1.29 is 9.53 Å². The maximum Gasteiger partial charge on any atom is 0.234 e. The Kier molecular flexibility index (Phi) is 6.69. The third kappa shape index (κ3) is 4.83. The van der Waals surface area contributed by atoms with E-state index in [2.05, 4.69) is 15.5 Å². The van der Waals surface area contributed by atoms with Crippen LogP contribution in [0.4, 0.5) is 0 Å². The molecular formula is C17H26ClN3O2. The Bertz CT molecular complexity index is 526. The Balaban J connectivity index is 0.00000192. The zero-order chi connectivity index (χ0) is 15.4. The molecule has 6 heteroatoms. The average molecular weight is 340 g/mol. The molecule has 2 fully saturated rings. The van der Waals surface area contributed by atoms with E-state index in [4.69, 9.17) is 4.74 Å². The van der Waals surface area contributed by atoms with Crippen molar-refractivity contribution in [3.05, 3.63) is 29.8 Å². The van der Waals surface area contributed by atoms with Gasteiger partial charge in [-0.05, 0) is 25.3 Å². The molecule has 1 aromatic rings. The second-order valence-corrected chi connectivity index (χ2v) is 6.25. The van der Waals surface area contributed by atoms with Gasteiger partial charge in [0.25, 0.3) is 0 Å². The number of ether oxygens (including phenoxy) is 1. The van der Waals surface area contributed by atoms with E-state index in [1.165, 1.54) is 12.8 Å². The molecule has 2 atom stereocenters. The molecule has 0 radical (unpaired) electrons. The number of hydrogen-bond donors (Lipinski definition) is 2. The lowest BCUT2D eigenvalue weighted by Gasteiger charge is -2.23. The minimum atomic E-state index is 0. The van der Waals surface area contributed by atoms with Gasteiger partial charge in [0.2, 0.25) is 5.91 Å². The van der Waals surface area contributed by atoms with Gasteiger partial charge in [0, 0.05) is 37.3 Å². The van der Waals surface area contributed by atoms with Crippen molar-refractivity contribution in [2.75, 3.05) is 26.7 Å². The van der Waals surface area contributed by atoms with Gasteiger partial charge >= 0.3 is 0 Å². The topological polar surface area (TPSA) is 53.6 Å². The van der Waals surface area contributed by atoms with Gasteiger partial charge in [0.1, 0.15) is 5.75 Å². The number of fused-ring (bicyclic) bond motifs is 2. The van der Waals surface area contributed by atoms with Crippen molar-refractivity contribution in [2.24, 2.45) is 0 Å². The fourth-order valence-corrected chi connectivity index (χ4v) is 3.46. The molecule has 128 valence electrons. The molecule has 0 spiro atoms. The molecule has 3 rings (SSSR count). The van der Waals surface area contributed by atoms with Crippen LogP contribution < -0.4 is 15.4 Å². The molecule has 1 amide bonds. The Morgan fingerprint density at radius 3 is 2.91 bits per heavy atom. The van der Waals surface area contributed by atoms with E-state index in [0.29, 0.717) is 25.2 Å². The fourth-order valence-electron chi connectivity index (χ4n) is 3.46. The molecule has 0 aromatic heterocycles. The summed E-state index contributed by atoms with van der Waals surface area (Å²) >= 11 is 0. The summed E-state index contributed by atoms with van der Waals surface area (Å²) in [6.07, 6.45) is 3.68. The molecule has 23 heavy (non-hydrogen) atoms. The molecular weight excluding hydrogens is 314 g/mol. The summed E-state index contributed by atoms with van der Waals surface area (Å²) < 4.78 is 5.31.